The molecule has 19 heavy (non-hydrogen) atoms. The fourth-order valence-electron chi connectivity index (χ4n) is 2.11. The van der Waals surface area contributed by atoms with Crippen molar-refractivity contribution in [1.82, 2.24) is 0 Å². The van der Waals surface area contributed by atoms with Gasteiger partial charge in [0.2, 0.25) is 0 Å². The van der Waals surface area contributed by atoms with Gasteiger partial charge in [0.1, 0.15) is 0 Å². The van der Waals surface area contributed by atoms with Crippen LogP contribution in [0.2, 0.25) is 0 Å². The highest BCUT2D eigenvalue weighted by Crippen LogP contribution is 2.41. The van der Waals surface area contributed by atoms with E-state index in [4.69, 9.17) is 0 Å². The minimum Gasteiger partial charge on any atom is -0.156 e. The van der Waals surface area contributed by atoms with Crippen molar-refractivity contribution in [3.8, 4) is 0 Å². The fourth-order valence-corrected chi connectivity index (χ4v) is 7.41. The van der Waals surface area contributed by atoms with Gasteiger partial charge >= 0.3 is 0 Å². The molecule has 0 fully saturated rings. The first kappa shape index (κ1) is 16.7. The second kappa shape index (κ2) is 9.39. The average Bonchev–Trinajstić information content (AvgIpc) is 2.67. The molecule has 1 aromatic rings. The van der Waals surface area contributed by atoms with Gasteiger partial charge in [0.25, 0.3) is 0 Å². The number of thiophene rings is 1. The number of hydrogen-bond donors (Lipinski definition) is 0. The molecule has 0 radical (unpaired) electrons. The predicted molar refractivity (Wildman–Crippen MR) is 99.7 cm³/mol. The minimum atomic E-state index is 1.16. The van der Waals surface area contributed by atoms with Crippen LogP contribution < -0.4 is 0 Å². The van der Waals surface area contributed by atoms with E-state index in [2.05, 4.69) is 55.4 Å². The normalized spacial score (nSPS) is 19.7. The maximum absolute atomic E-state index is 3.74. The minimum absolute atomic E-state index is 1.16. The molecule has 0 saturated heterocycles. The molecule has 0 N–H and O–H groups in total. The number of hydrogen-bond acceptors (Lipinski definition) is 3. The van der Waals surface area contributed by atoms with Crippen molar-refractivity contribution in [2.45, 2.75) is 50.0 Å². The van der Waals surface area contributed by atoms with Crippen molar-refractivity contribution in [3.05, 3.63) is 18.7 Å². The zero-order valence-electron chi connectivity index (χ0n) is 11.1. The van der Waals surface area contributed by atoms with Crippen LogP contribution in [0.25, 0.3) is 0 Å². The van der Waals surface area contributed by atoms with Gasteiger partial charge < -0.3 is 0 Å². The maximum Gasteiger partial charge on any atom is 0.0468 e. The smallest absolute Gasteiger partial charge is 0.0468 e. The van der Waals surface area contributed by atoms with Gasteiger partial charge in [-0.25, -0.2) is 0 Å². The van der Waals surface area contributed by atoms with Gasteiger partial charge in [-0.2, -0.15) is 23.5 Å². The quantitative estimate of drug-likeness (QED) is 0.419. The second-order valence-corrected chi connectivity index (χ2v) is 9.79. The molecule has 0 aromatic carbocycles. The zero-order valence-corrected chi connectivity index (χ0v) is 16.7. The highest BCUT2D eigenvalue weighted by atomic mass is 79.9. The van der Waals surface area contributed by atoms with Crippen molar-refractivity contribution >= 4 is 66.7 Å². The Bertz CT molecular complexity index is 356. The van der Waals surface area contributed by atoms with E-state index < -0.39 is 0 Å². The molecule has 108 valence electrons. The standard InChI is InChI=1S/C14H20Br2S3/c15-13-11-9-17-7-5-3-1-2-4-6-8-18-10-12(19-11)14(13)16/h1-10H2. The molecule has 0 nitrogen and oxygen atoms in total. The summed E-state index contributed by atoms with van der Waals surface area (Å²) in [6.45, 7) is 0. The van der Waals surface area contributed by atoms with Crippen LogP contribution in [-0.4, -0.2) is 11.5 Å². The Morgan fingerprint density at radius 1 is 0.632 bits per heavy atom. The van der Waals surface area contributed by atoms with E-state index in [0.717, 1.165) is 11.5 Å². The lowest BCUT2D eigenvalue weighted by molar-refractivity contribution is 0.629. The van der Waals surface area contributed by atoms with Gasteiger partial charge in [0, 0.05) is 30.2 Å². The van der Waals surface area contributed by atoms with E-state index in [9.17, 15) is 0 Å². The second-order valence-electron chi connectivity index (χ2n) is 4.80. The molecule has 1 aromatic heterocycles. The van der Waals surface area contributed by atoms with E-state index in [1.165, 1.54) is 68.7 Å². The largest absolute Gasteiger partial charge is 0.156 e. The molecule has 0 amide bonds. The van der Waals surface area contributed by atoms with E-state index in [1.54, 1.807) is 0 Å². The topological polar surface area (TPSA) is 0 Å². The lowest BCUT2D eigenvalue weighted by Crippen LogP contribution is -1.86. The predicted octanol–water partition coefficient (Wildman–Crippen LogP) is 7.09. The van der Waals surface area contributed by atoms with E-state index in [-0.39, 0.29) is 0 Å². The average molecular weight is 444 g/mol. The molecule has 1 aliphatic rings. The lowest BCUT2D eigenvalue weighted by atomic mass is 10.1. The summed E-state index contributed by atoms with van der Waals surface area (Å²) in [6.07, 6.45) is 8.47. The Labute approximate surface area is 146 Å². The van der Waals surface area contributed by atoms with Crippen molar-refractivity contribution in [1.29, 1.82) is 0 Å². The molecule has 0 aliphatic carbocycles. The Morgan fingerprint density at radius 2 is 1.05 bits per heavy atom. The molecule has 0 atom stereocenters. The molecular formula is C14H20Br2S3. The Balaban J connectivity index is 1.97. The Kier molecular flexibility index (Phi) is 8.27. The van der Waals surface area contributed by atoms with Crippen molar-refractivity contribution in [2.75, 3.05) is 11.5 Å². The van der Waals surface area contributed by atoms with Crippen LogP contribution in [0.5, 0.6) is 0 Å². The Hall–Kier alpha value is 1.36. The third-order valence-corrected chi connectivity index (χ3v) is 9.73. The molecule has 2 heterocycles. The Morgan fingerprint density at radius 3 is 1.53 bits per heavy atom. The summed E-state index contributed by atoms with van der Waals surface area (Å²) in [5.74, 6) is 4.95. The van der Waals surface area contributed by atoms with E-state index >= 15 is 0 Å². The molecule has 0 spiro atoms. The first-order valence-electron chi connectivity index (χ1n) is 6.90. The van der Waals surface area contributed by atoms with Crippen molar-refractivity contribution < 1.29 is 0 Å². The van der Waals surface area contributed by atoms with Crippen LogP contribution in [0.3, 0.4) is 0 Å². The lowest BCUT2D eigenvalue weighted by Gasteiger charge is -2.03. The first-order valence-corrected chi connectivity index (χ1v) is 11.6. The highest BCUT2D eigenvalue weighted by Gasteiger charge is 2.14. The van der Waals surface area contributed by atoms with Crippen LogP contribution in [0.15, 0.2) is 8.95 Å². The zero-order chi connectivity index (χ0) is 13.5. The van der Waals surface area contributed by atoms with Gasteiger partial charge in [0.15, 0.2) is 0 Å². The summed E-state index contributed by atoms with van der Waals surface area (Å²) < 4.78 is 2.60. The molecular weight excluding hydrogens is 424 g/mol. The molecule has 0 unspecified atom stereocenters. The summed E-state index contributed by atoms with van der Waals surface area (Å²) in [5, 5.41) is 0. The summed E-state index contributed by atoms with van der Waals surface area (Å²) >= 11 is 13.6. The number of halogens is 2. The molecule has 5 heteroatoms. The summed E-state index contributed by atoms with van der Waals surface area (Å²) in [7, 11) is 0. The van der Waals surface area contributed by atoms with Gasteiger partial charge in [-0.3, -0.25) is 0 Å². The SMILES string of the molecule is Brc1c2sc(c1Br)CSCCCCCCCCSC2. The monoisotopic (exact) mass is 442 g/mol. The van der Waals surface area contributed by atoms with Crippen LogP contribution in [-0.2, 0) is 11.5 Å². The molecule has 2 bridgehead atoms. The van der Waals surface area contributed by atoms with Gasteiger partial charge in [-0.05, 0) is 56.2 Å². The molecule has 0 saturated carbocycles. The number of rotatable bonds is 0. The molecule has 2 rings (SSSR count). The van der Waals surface area contributed by atoms with Crippen molar-refractivity contribution in [3.63, 3.8) is 0 Å². The fraction of sp³-hybridized carbons (Fsp3) is 0.714. The highest BCUT2D eigenvalue weighted by molar-refractivity contribution is 9.13. The first-order chi connectivity index (χ1) is 9.29. The summed E-state index contributed by atoms with van der Waals surface area (Å²) in [4.78, 5) is 3.00. The van der Waals surface area contributed by atoms with E-state index in [0.29, 0.717) is 0 Å². The van der Waals surface area contributed by atoms with E-state index in [1.807, 2.05) is 11.3 Å². The van der Waals surface area contributed by atoms with Gasteiger partial charge in [-0.15, -0.1) is 11.3 Å². The van der Waals surface area contributed by atoms with Crippen molar-refractivity contribution in [2.24, 2.45) is 0 Å². The number of thioether (sulfide) groups is 2. The van der Waals surface area contributed by atoms with Crippen LogP contribution in [0.1, 0.15) is 48.3 Å². The molecule has 1 aliphatic heterocycles. The van der Waals surface area contributed by atoms with Crippen LogP contribution in [0.4, 0.5) is 0 Å². The third-order valence-electron chi connectivity index (χ3n) is 3.22. The maximum atomic E-state index is 3.74. The summed E-state index contributed by atoms with van der Waals surface area (Å²) in [5.41, 5.74) is 0. The number of fused-ring (bicyclic) bond motifs is 2. The van der Waals surface area contributed by atoms with Crippen LogP contribution >= 0.6 is 66.7 Å². The van der Waals surface area contributed by atoms with Gasteiger partial charge in [-0.1, -0.05) is 25.7 Å². The van der Waals surface area contributed by atoms with Gasteiger partial charge in [0.05, 0.1) is 0 Å². The van der Waals surface area contributed by atoms with Crippen LogP contribution in [0, 0.1) is 0 Å². The summed E-state index contributed by atoms with van der Waals surface area (Å²) in [6, 6.07) is 0. The third kappa shape index (κ3) is 5.57.